The lowest BCUT2D eigenvalue weighted by molar-refractivity contribution is -0.245. The molecule has 0 saturated carbocycles. The van der Waals surface area contributed by atoms with Crippen LogP contribution in [0.5, 0.6) is 0 Å². The highest BCUT2D eigenvalue weighted by atomic mass is 16.6. The van der Waals surface area contributed by atoms with Crippen LogP contribution in [-0.4, -0.2) is 18.3 Å². The van der Waals surface area contributed by atoms with Crippen LogP contribution < -0.4 is 0 Å². The minimum Gasteiger partial charge on any atom is -0.493 e. The molecule has 2 heterocycles. The molecule has 1 fully saturated rings. The van der Waals surface area contributed by atoms with E-state index < -0.39 is 5.79 Å². The van der Waals surface area contributed by atoms with Crippen molar-refractivity contribution in [2.24, 2.45) is 11.8 Å². The fourth-order valence-corrected chi connectivity index (χ4v) is 5.00. The second-order valence-electron chi connectivity index (χ2n) is 10.2. The molecule has 4 rings (SSSR count). The van der Waals surface area contributed by atoms with E-state index in [0.29, 0.717) is 18.9 Å². The molecule has 0 radical (unpaired) electrons. The molecule has 2 aliphatic heterocycles. The van der Waals surface area contributed by atoms with Crippen molar-refractivity contribution in [1.82, 2.24) is 0 Å². The zero-order valence-corrected chi connectivity index (χ0v) is 22.4. The Labute approximate surface area is 213 Å². The summed E-state index contributed by atoms with van der Waals surface area (Å²) in [6.45, 7) is 10.3. The first-order valence-corrected chi connectivity index (χ1v) is 13.9. The second-order valence-corrected chi connectivity index (χ2v) is 10.2. The van der Waals surface area contributed by atoms with Gasteiger partial charge < -0.3 is 14.6 Å². The van der Waals surface area contributed by atoms with Crippen molar-refractivity contribution in [1.29, 1.82) is 0 Å². The van der Waals surface area contributed by atoms with Gasteiger partial charge in [0.25, 0.3) is 0 Å². The third-order valence-corrected chi connectivity index (χ3v) is 7.41. The van der Waals surface area contributed by atoms with Gasteiger partial charge in [0, 0.05) is 17.5 Å². The van der Waals surface area contributed by atoms with E-state index in [9.17, 15) is 5.11 Å². The fraction of sp³-hybridized carbons (Fsp3) is 0.562. The SMILES string of the molecule is CCCC1CC=C(c2ccc(CC)cc2)OC1.CCCC1CCC(O)(c2ccc(CC)cc2)OC1. The average Bonchev–Trinajstić information content (AvgIpc) is 2.91. The number of allylic oxidation sites excluding steroid dienone is 1. The molecule has 1 N–H and O–H groups in total. The highest BCUT2D eigenvalue weighted by Gasteiger charge is 2.35. The Hall–Kier alpha value is -2.10. The van der Waals surface area contributed by atoms with Gasteiger partial charge in [-0.3, -0.25) is 0 Å². The third-order valence-electron chi connectivity index (χ3n) is 7.41. The van der Waals surface area contributed by atoms with Crippen LogP contribution in [0.2, 0.25) is 0 Å². The van der Waals surface area contributed by atoms with Crippen molar-refractivity contribution in [2.75, 3.05) is 13.2 Å². The first kappa shape index (κ1) is 27.5. The fourth-order valence-electron chi connectivity index (χ4n) is 5.00. The summed E-state index contributed by atoms with van der Waals surface area (Å²) in [5, 5.41) is 10.6. The van der Waals surface area contributed by atoms with Crippen molar-refractivity contribution in [3.8, 4) is 0 Å². The predicted molar refractivity (Wildman–Crippen MR) is 146 cm³/mol. The molecule has 3 atom stereocenters. The summed E-state index contributed by atoms with van der Waals surface area (Å²) in [6, 6.07) is 16.9. The number of hydrogen-bond donors (Lipinski definition) is 1. The highest BCUT2D eigenvalue weighted by molar-refractivity contribution is 5.60. The van der Waals surface area contributed by atoms with Crippen LogP contribution in [0.15, 0.2) is 54.6 Å². The topological polar surface area (TPSA) is 38.7 Å². The molecule has 2 aromatic rings. The molecule has 0 amide bonds. The Kier molecular flexibility index (Phi) is 10.9. The highest BCUT2D eigenvalue weighted by Crippen LogP contribution is 2.36. The molecule has 35 heavy (non-hydrogen) atoms. The van der Waals surface area contributed by atoms with Gasteiger partial charge >= 0.3 is 0 Å². The molecule has 1 saturated heterocycles. The minimum atomic E-state index is -1.06. The standard InChI is InChI=1S/C16H24O2.C16H22O/c1-3-5-14-10-11-16(17,18-12-14)15-8-6-13(4-2)7-9-15;1-3-5-14-8-11-16(17-12-14)15-9-6-13(4-2)7-10-15/h6-9,14,17H,3-5,10-12H2,1-2H3;6-7,9-11,14H,3-5,8,12H2,1-2H3. The number of rotatable bonds is 8. The van der Waals surface area contributed by atoms with Crippen molar-refractivity contribution in [2.45, 2.75) is 91.3 Å². The number of hydrogen-bond acceptors (Lipinski definition) is 3. The van der Waals surface area contributed by atoms with Gasteiger partial charge in [-0.2, -0.15) is 0 Å². The summed E-state index contributed by atoms with van der Waals surface area (Å²) in [6.07, 6.45) is 12.2. The zero-order valence-electron chi connectivity index (χ0n) is 22.4. The van der Waals surface area contributed by atoms with Crippen LogP contribution in [0.3, 0.4) is 0 Å². The predicted octanol–water partition coefficient (Wildman–Crippen LogP) is 8.05. The van der Waals surface area contributed by atoms with Gasteiger partial charge in [-0.15, -0.1) is 0 Å². The van der Waals surface area contributed by atoms with Gasteiger partial charge in [0.05, 0.1) is 13.2 Å². The van der Waals surface area contributed by atoms with Crippen LogP contribution in [-0.2, 0) is 28.1 Å². The molecule has 0 aliphatic carbocycles. The molecular weight excluding hydrogens is 432 g/mol. The summed E-state index contributed by atoms with van der Waals surface area (Å²) >= 11 is 0. The Bertz CT molecular complexity index is 889. The molecule has 0 spiro atoms. The molecule has 3 nitrogen and oxygen atoms in total. The normalized spacial score (nSPS) is 24.1. The lowest BCUT2D eigenvalue weighted by atomic mass is 9.89. The summed E-state index contributed by atoms with van der Waals surface area (Å²) in [5.74, 6) is 1.35. The van der Waals surface area contributed by atoms with Gasteiger partial charge in [0.1, 0.15) is 5.76 Å². The lowest BCUT2D eigenvalue weighted by Crippen LogP contribution is -2.36. The molecule has 3 unspecified atom stereocenters. The van der Waals surface area contributed by atoms with Crippen LogP contribution >= 0.6 is 0 Å². The summed E-state index contributed by atoms with van der Waals surface area (Å²) in [7, 11) is 0. The monoisotopic (exact) mass is 478 g/mol. The summed E-state index contributed by atoms with van der Waals surface area (Å²) in [5.41, 5.74) is 4.79. The maximum Gasteiger partial charge on any atom is 0.192 e. The van der Waals surface area contributed by atoms with Gasteiger partial charge in [0.2, 0.25) is 0 Å². The molecule has 0 bridgehead atoms. The second kappa shape index (κ2) is 13.8. The number of aryl methyl sites for hydroxylation is 2. The summed E-state index contributed by atoms with van der Waals surface area (Å²) < 4.78 is 11.6. The molecule has 2 aromatic carbocycles. The molecule has 2 aliphatic rings. The van der Waals surface area contributed by atoms with Crippen molar-refractivity contribution < 1.29 is 14.6 Å². The van der Waals surface area contributed by atoms with E-state index in [-0.39, 0.29) is 0 Å². The average molecular weight is 479 g/mol. The van der Waals surface area contributed by atoms with E-state index in [4.69, 9.17) is 9.47 Å². The van der Waals surface area contributed by atoms with E-state index >= 15 is 0 Å². The van der Waals surface area contributed by atoms with Crippen LogP contribution in [0.1, 0.15) is 94.9 Å². The van der Waals surface area contributed by atoms with E-state index in [0.717, 1.165) is 43.1 Å². The van der Waals surface area contributed by atoms with Gasteiger partial charge in [-0.1, -0.05) is 89.1 Å². The van der Waals surface area contributed by atoms with Gasteiger partial charge in [0.15, 0.2) is 5.79 Å². The number of ether oxygens (including phenoxy) is 2. The summed E-state index contributed by atoms with van der Waals surface area (Å²) in [4.78, 5) is 0. The third kappa shape index (κ3) is 7.95. The largest absolute Gasteiger partial charge is 0.493 e. The quantitative estimate of drug-likeness (QED) is 0.417. The Morgan fingerprint density at radius 1 is 0.800 bits per heavy atom. The van der Waals surface area contributed by atoms with Crippen molar-refractivity contribution in [3.05, 3.63) is 76.9 Å². The maximum atomic E-state index is 10.6. The van der Waals surface area contributed by atoms with Crippen LogP contribution in [0.25, 0.3) is 5.76 Å². The Balaban J connectivity index is 0.000000196. The van der Waals surface area contributed by atoms with E-state index in [1.54, 1.807) is 0 Å². The van der Waals surface area contributed by atoms with E-state index in [2.05, 4.69) is 70.2 Å². The molecule has 192 valence electrons. The minimum absolute atomic E-state index is 0.616. The zero-order chi connectivity index (χ0) is 25.1. The van der Waals surface area contributed by atoms with Gasteiger partial charge in [-0.05, 0) is 67.6 Å². The van der Waals surface area contributed by atoms with Crippen LogP contribution in [0.4, 0.5) is 0 Å². The van der Waals surface area contributed by atoms with Crippen LogP contribution in [0, 0.1) is 11.8 Å². The molecule has 3 heteroatoms. The first-order valence-electron chi connectivity index (χ1n) is 13.9. The van der Waals surface area contributed by atoms with E-state index in [1.165, 1.54) is 48.8 Å². The number of aliphatic hydroxyl groups is 1. The molecule has 0 aromatic heterocycles. The van der Waals surface area contributed by atoms with Crippen molar-refractivity contribution in [3.63, 3.8) is 0 Å². The van der Waals surface area contributed by atoms with Gasteiger partial charge in [-0.25, -0.2) is 0 Å². The van der Waals surface area contributed by atoms with Crippen molar-refractivity contribution >= 4 is 5.76 Å². The molecular formula is C32H46O3. The Morgan fingerprint density at radius 3 is 1.89 bits per heavy atom. The van der Waals surface area contributed by atoms with E-state index in [1.807, 2.05) is 12.1 Å². The first-order chi connectivity index (χ1) is 17.0. The smallest absolute Gasteiger partial charge is 0.192 e. The Morgan fingerprint density at radius 2 is 1.40 bits per heavy atom. The lowest BCUT2D eigenvalue weighted by Gasteiger charge is -2.36. The maximum absolute atomic E-state index is 10.6. The number of benzene rings is 2.